The predicted molar refractivity (Wildman–Crippen MR) is 118 cm³/mol. The van der Waals surface area contributed by atoms with Crippen molar-refractivity contribution in [2.45, 2.75) is 0 Å². The molecule has 182 valence electrons. The summed E-state index contributed by atoms with van der Waals surface area (Å²) in [4.78, 5) is 51.7. The van der Waals surface area contributed by atoms with E-state index in [1.54, 1.807) is 24.3 Å². The van der Waals surface area contributed by atoms with Crippen LogP contribution in [-0.2, 0) is 28.6 Å². The molecule has 0 saturated heterocycles. The van der Waals surface area contributed by atoms with E-state index in [2.05, 4.69) is 14.8 Å². The van der Waals surface area contributed by atoms with Gasteiger partial charge in [0.05, 0.1) is 32.6 Å². The summed E-state index contributed by atoms with van der Waals surface area (Å²) in [6.07, 6.45) is -1.61. The number of nitrogens with one attached hydrogen (secondary N) is 1. The Balaban J connectivity index is 1.74. The molecule has 0 radical (unpaired) electrons. The molecule has 2 aromatic rings. The van der Waals surface area contributed by atoms with Crippen LogP contribution >= 0.6 is 0 Å². The first-order chi connectivity index (χ1) is 16.4. The second kappa shape index (κ2) is 13.3. The molecule has 1 N–H and O–H groups in total. The SMILES string of the molecule is COC(=O)COc1ccc(NC(=O)OCCOC(=O)N(OC)c2ccc(C(=O)OC)cc2)cc1. The van der Waals surface area contributed by atoms with Gasteiger partial charge in [-0.15, -0.1) is 0 Å². The molecule has 0 unspecified atom stereocenters. The summed E-state index contributed by atoms with van der Waals surface area (Å²) in [5.41, 5.74) is 1.05. The second-order valence-electron chi connectivity index (χ2n) is 6.28. The highest BCUT2D eigenvalue weighted by Crippen LogP contribution is 2.18. The Morgan fingerprint density at radius 3 is 2.06 bits per heavy atom. The third-order valence-electron chi connectivity index (χ3n) is 4.10. The van der Waals surface area contributed by atoms with E-state index in [1.165, 1.54) is 45.6 Å². The number of carbonyl (C=O) groups is 4. The first-order valence-corrected chi connectivity index (χ1v) is 9.80. The third-order valence-corrected chi connectivity index (χ3v) is 4.10. The molecule has 0 aliphatic carbocycles. The van der Waals surface area contributed by atoms with Crippen LogP contribution in [0.3, 0.4) is 0 Å². The Morgan fingerprint density at radius 2 is 1.47 bits per heavy atom. The van der Waals surface area contributed by atoms with Gasteiger partial charge in [-0.1, -0.05) is 0 Å². The minimum absolute atomic E-state index is 0.212. The number of rotatable bonds is 10. The maximum atomic E-state index is 12.2. The van der Waals surface area contributed by atoms with Gasteiger partial charge >= 0.3 is 24.1 Å². The lowest BCUT2D eigenvalue weighted by atomic mass is 10.2. The minimum Gasteiger partial charge on any atom is -0.482 e. The number of nitrogens with zero attached hydrogens (tertiary/aromatic N) is 1. The van der Waals surface area contributed by atoms with Crippen molar-refractivity contribution in [3.8, 4) is 5.75 Å². The number of benzene rings is 2. The zero-order chi connectivity index (χ0) is 24.9. The summed E-state index contributed by atoms with van der Waals surface area (Å²) in [5, 5.41) is 3.36. The number of carbonyl (C=O) groups excluding carboxylic acids is 4. The maximum Gasteiger partial charge on any atom is 0.438 e. The van der Waals surface area contributed by atoms with Crippen LogP contribution in [0.1, 0.15) is 10.4 Å². The zero-order valence-electron chi connectivity index (χ0n) is 18.8. The van der Waals surface area contributed by atoms with Crippen LogP contribution in [0.4, 0.5) is 21.0 Å². The Labute approximate surface area is 195 Å². The van der Waals surface area contributed by atoms with E-state index in [0.29, 0.717) is 22.7 Å². The van der Waals surface area contributed by atoms with E-state index < -0.39 is 24.1 Å². The lowest BCUT2D eigenvalue weighted by Crippen LogP contribution is -2.31. The molecule has 0 spiro atoms. The highest BCUT2D eigenvalue weighted by atomic mass is 16.7. The van der Waals surface area contributed by atoms with Crippen LogP contribution < -0.4 is 15.1 Å². The molecule has 2 rings (SSSR count). The molecule has 0 bridgehead atoms. The molecule has 2 aromatic carbocycles. The molecule has 0 heterocycles. The van der Waals surface area contributed by atoms with Crippen LogP contribution in [0.15, 0.2) is 48.5 Å². The monoisotopic (exact) mass is 476 g/mol. The number of methoxy groups -OCH3 is 2. The largest absolute Gasteiger partial charge is 0.482 e. The van der Waals surface area contributed by atoms with E-state index in [9.17, 15) is 19.2 Å². The van der Waals surface area contributed by atoms with E-state index in [-0.39, 0.29) is 19.8 Å². The second-order valence-corrected chi connectivity index (χ2v) is 6.28. The standard InChI is InChI=1S/C22H24N2O10/c1-29-19(25)14-34-18-10-6-16(7-11-18)23-21(27)32-12-13-33-22(28)24(31-3)17-8-4-15(5-9-17)20(26)30-2/h4-11H,12-14H2,1-3H3,(H,23,27). The molecule has 12 heteroatoms. The first-order valence-electron chi connectivity index (χ1n) is 9.80. The number of hydrogen-bond acceptors (Lipinski definition) is 10. The highest BCUT2D eigenvalue weighted by molar-refractivity contribution is 5.91. The van der Waals surface area contributed by atoms with Crippen LogP contribution in [-0.4, -0.2) is 65.3 Å². The van der Waals surface area contributed by atoms with Crippen LogP contribution in [0.5, 0.6) is 5.75 Å². The van der Waals surface area contributed by atoms with Crippen molar-refractivity contribution in [3.05, 3.63) is 54.1 Å². The zero-order valence-corrected chi connectivity index (χ0v) is 18.8. The topological polar surface area (TPSA) is 139 Å². The average Bonchev–Trinajstić information content (AvgIpc) is 2.86. The Morgan fingerprint density at radius 1 is 0.824 bits per heavy atom. The van der Waals surface area contributed by atoms with Crippen molar-refractivity contribution in [2.24, 2.45) is 0 Å². The normalized spacial score (nSPS) is 9.97. The van der Waals surface area contributed by atoms with Gasteiger partial charge in [0.2, 0.25) is 0 Å². The highest BCUT2D eigenvalue weighted by Gasteiger charge is 2.18. The van der Waals surface area contributed by atoms with Gasteiger partial charge < -0.3 is 23.7 Å². The fourth-order valence-electron chi connectivity index (χ4n) is 2.45. The number of amides is 2. The molecule has 12 nitrogen and oxygen atoms in total. The van der Waals surface area contributed by atoms with Crippen LogP contribution in [0.2, 0.25) is 0 Å². The number of ether oxygens (including phenoxy) is 5. The quantitative estimate of drug-likeness (QED) is 0.236. The fourth-order valence-corrected chi connectivity index (χ4v) is 2.45. The molecule has 34 heavy (non-hydrogen) atoms. The van der Waals surface area contributed by atoms with E-state index in [1.807, 2.05) is 0 Å². The summed E-state index contributed by atoms with van der Waals surface area (Å²) >= 11 is 0. The van der Waals surface area contributed by atoms with Crippen molar-refractivity contribution in [1.82, 2.24) is 0 Å². The van der Waals surface area contributed by atoms with Gasteiger partial charge in [-0.05, 0) is 48.5 Å². The molecular weight excluding hydrogens is 452 g/mol. The Bertz CT molecular complexity index is 976. The summed E-state index contributed by atoms with van der Waals surface area (Å²) in [6.45, 7) is -0.674. The van der Waals surface area contributed by atoms with Crippen molar-refractivity contribution in [3.63, 3.8) is 0 Å². The van der Waals surface area contributed by atoms with Gasteiger partial charge in [-0.25, -0.2) is 19.2 Å². The Kier molecular flexibility index (Phi) is 10.1. The van der Waals surface area contributed by atoms with Gasteiger partial charge in [0.15, 0.2) is 6.61 Å². The van der Waals surface area contributed by atoms with Gasteiger partial charge in [0, 0.05) is 5.69 Å². The van der Waals surface area contributed by atoms with Crippen molar-refractivity contribution >= 4 is 35.5 Å². The van der Waals surface area contributed by atoms with E-state index in [4.69, 9.17) is 19.0 Å². The number of hydroxylamine groups is 1. The number of esters is 2. The predicted octanol–water partition coefficient (Wildman–Crippen LogP) is 2.78. The van der Waals surface area contributed by atoms with Crippen LogP contribution in [0.25, 0.3) is 0 Å². The van der Waals surface area contributed by atoms with E-state index in [0.717, 1.165) is 5.06 Å². The molecule has 0 atom stereocenters. The molecular formula is C22H24N2O10. The summed E-state index contributed by atoms with van der Waals surface area (Å²) in [6, 6.07) is 12.1. The van der Waals surface area contributed by atoms with Crippen molar-refractivity contribution in [1.29, 1.82) is 0 Å². The van der Waals surface area contributed by atoms with Gasteiger partial charge in [-0.2, -0.15) is 5.06 Å². The number of hydrogen-bond donors (Lipinski definition) is 1. The summed E-state index contributed by atoms with van der Waals surface area (Å²) < 4.78 is 24.3. The fraction of sp³-hybridized carbons (Fsp3) is 0.273. The Hall–Kier alpha value is -4.32. The van der Waals surface area contributed by atoms with Crippen molar-refractivity contribution in [2.75, 3.05) is 51.5 Å². The smallest absolute Gasteiger partial charge is 0.438 e. The lowest BCUT2D eigenvalue weighted by Gasteiger charge is -2.19. The van der Waals surface area contributed by atoms with Crippen molar-refractivity contribution < 1.29 is 47.7 Å². The molecule has 0 aliphatic heterocycles. The van der Waals surface area contributed by atoms with Gasteiger partial charge in [0.1, 0.15) is 19.0 Å². The maximum absolute atomic E-state index is 12.2. The summed E-state index contributed by atoms with van der Waals surface area (Å²) in [7, 11) is 3.79. The minimum atomic E-state index is -0.847. The molecule has 0 aliphatic rings. The average molecular weight is 476 g/mol. The molecule has 2 amide bonds. The number of anilines is 2. The lowest BCUT2D eigenvalue weighted by molar-refractivity contribution is -0.142. The first kappa shape index (κ1) is 25.9. The van der Waals surface area contributed by atoms with E-state index >= 15 is 0 Å². The molecule has 0 fully saturated rings. The van der Waals surface area contributed by atoms with Gasteiger partial charge in [-0.3, -0.25) is 10.2 Å². The van der Waals surface area contributed by atoms with Gasteiger partial charge in [0.25, 0.3) is 0 Å². The third kappa shape index (κ3) is 7.98. The van der Waals surface area contributed by atoms with Crippen LogP contribution in [0, 0.1) is 0 Å². The molecule has 0 saturated carbocycles. The summed E-state index contributed by atoms with van der Waals surface area (Å²) in [5.74, 6) is -0.619. The molecule has 0 aromatic heterocycles.